The largest absolute Gasteiger partial charge is 0.471 e. The zero-order valence-electron chi connectivity index (χ0n) is 5.69. The molecule has 11 heavy (non-hydrogen) atoms. The highest BCUT2D eigenvalue weighted by Gasteiger charge is 2.19. The van der Waals surface area contributed by atoms with Crippen LogP contribution < -0.4 is 4.74 Å². The molecule has 2 rings (SSSR count). The number of fused-ring (bicyclic) bond motifs is 1. The molecule has 0 fully saturated rings. The smallest absolute Gasteiger partial charge is 0.223 e. The van der Waals surface area contributed by atoms with Crippen LogP contribution in [0.2, 0.25) is 0 Å². The number of ether oxygens (including phenoxy) is 1. The molecule has 0 aliphatic carbocycles. The predicted octanol–water partition coefficient (Wildman–Crippen LogP) is 0.652. The normalized spacial score (nSPS) is 18.0. The Morgan fingerprint density at radius 1 is 1.64 bits per heavy atom. The van der Waals surface area contributed by atoms with E-state index in [4.69, 9.17) is 9.94 Å². The van der Waals surface area contributed by atoms with Crippen LogP contribution in [0.5, 0.6) is 5.88 Å². The quantitative estimate of drug-likeness (QED) is 0.436. The first-order chi connectivity index (χ1) is 5.42. The second-order valence-electron chi connectivity index (χ2n) is 2.19. The number of hydrogen-bond acceptors (Lipinski definition) is 4. The number of pyridine rings is 1. The molecule has 0 bridgehead atoms. The summed E-state index contributed by atoms with van der Waals surface area (Å²) in [4.78, 5) is 3.94. The minimum atomic E-state index is 0.308. The van der Waals surface area contributed by atoms with Gasteiger partial charge in [0.05, 0.1) is 5.56 Å². The van der Waals surface area contributed by atoms with Crippen LogP contribution in [0, 0.1) is 0 Å². The Kier molecular flexibility index (Phi) is 1.25. The fourth-order valence-corrected chi connectivity index (χ4v) is 1.02. The third-order valence-electron chi connectivity index (χ3n) is 1.55. The van der Waals surface area contributed by atoms with Gasteiger partial charge in [0, 0.05) is 6.20 Å². The maximum Gasteiger partial charge on any atom is 0.223 e. The van der Waals surface area contributed by atoms with E-state index in [1.807, 2.05) is 6.07 Å². The molecule has 4 nitrogen and oxygen atoms in total. The van der Waals surface area contributed by atoms with Gasteiger partial charge in [-0.15, -0.1) is 0 Å². The molecule has 1 aliphatic heterocycles. The van der Waals surface area contributed by atoms with Crippen molar-refractivity contribution in [2.75, 3.05) is 6.61 Å². The molecule has 1 N–H and O–H groups in total. The summed E-state index contributed by atoms with van der Waals surface area (Å²) in [7, 11) is 0. The molecule has 0 saturated carbocycles. The highest BCUT2D eigenvalue weighted by molar-refractivity contribution is 6.05. The molecule has 0 saturated heterocycles. The van der Waals surface area contributed by atoms with Crippen LogP contribution in [0.15, 0.2) is 23.5 Å². The van der Waals surface area contributed by atoms with E-state index >= 15 is 0 Å². The van der Waals surface area contributed by atoms with E-state index in [-0.39, 0.29) is 0 Å². The van der Waals surface area contributed by atoms with Crippen LogP contribution in [0.4, 0.5) is 0 Å². The summed E-state index contributed by atoms with van der Waals surface area (Å²) in [5.41, 5.74) is 1.31. The lowest BCUT2D eigenvalue weighted by atomic mass is 10.2. The molecule has 1 aliphatic rings. The number of aromatic nitrogens is 1. The molecule has 1 aromatic heterocycles. The Balaban J connectivity index is 2.55. The first-order valence-corrected chi connectivity index (χ1v) is 3.21. The third-order valence-corrected chi connectivity index (χ3v) is 1.55. The average Bonchev–Trinajstić information content (AvgIpc) is 2.47. The van der Waals surface area contributed by atoms with E-state index in [2.05, 4.69) is 10.1 Å². The molecule has 0 atom stereocenters. The van der Waals surface area contributed by atoms with E-state index < -0.39 is 0 Å². The van der Waals surface area contributed by atoms with Gasteiger partial charge in [0.25, 0.3) is 0 Å². The van der Waals surface area contributed by atoms with Gasteiger partial charge in [0.15, 0.2) is 0 Å². The second-order valence-corrected chi connectivity index (χ2v) is 2.19. The zero-order valence-corrected chi connectivity index (χ0v) is 5.69. The SMILES string of the molecule is O/N=C1\COc2ncccc21. The predicted molar refractivity (Wildman–Crippen MR) is 38.1 cm³/mol. The number of oxime groups is 1. The van der Waals surface area contributed by atoms with Gasteiger partial charge in [-0.25, -0.2) is 4.98 Å². The highest BCUT2D eigenvalue weighted by atomic mass is 16.5. The lowest BCUT2D eigenvalue weighted by molar-refractivity contribution is 0.312. The summed E-state index contributed by atoms with van der Waals surface area (Å²) in [6.07, 6.45) is 1.64. The maximum atomic E-state index is 8.49. The van der Waals surface area contributed by atoms with Crippen molar-refractivity contribution < 1.29 is 9.94 Å². The van der Waals surface area contributed by atoms with E-state index in [0.717, 1.165) is 5.56 Å². The number of rotatable bonds is 0. The van der Waals surface area contributed by atoms with E-state index in [9.17, 15) is 0 Å². The standard InChI is InChI=1S/C7H6N2O2/c10-9-6-4-11-7-5(6)2-1-3-8-7/h1-3,10H,4H2/b9-6+. The van der Waals surface area contributed by atoms with Crippen LogP contribution >= 0.6 is 0 Å². The topological polar surface area (TPSA) is 54.7 Å². The first kappa shape index (κ1) is 6.15. The monoisotopic (exact) mass is 150 g/mol. The van der Waals surface area contributed by atoms with E-state index in [1.165, 1.54) is 0 Å². The zero-order chi connectivity index (χ0) is 7.68. The van der Waals surface area contributed by atoms with Gasteiger partial charge >= 0.3 is 0 Å². The first-order valence-electron chi connectivity index (χ1n) is 3.21. The molecule has 0 unspecified atom stereocenters. The van der Waals surface area contributed by atoms with Crippen molar-refractivity contribution in [2.24, 2.45) is 5.16 Å². The molecular weight excluding hydrogens is 144 g/mol. The molecular formula is C7H6N2O2. The molecule has 4 heteroatoms. The fraction of sp³-hybridized carbons (Fsp3) is 0.143. The van der Waals surface area contributed by atoms with Crippen molar-refractivity contribution in [3.8, 4) is 5.88 Å². The summed E-state index contributed by atoms with van der Waals surface area (Å²) in [6.45, 7) is 0.308. The van der Waals surface area contributed by atoms with Crippen molar-refractivity contribution in [1.29, 1.82) is 0 Å². The van der Waals surface area contributed by atoms with Gasteiger partial charge in [-0.2, -0.15) is 0 Å². The molecule has 0 aromatic carbocycles. The molecule has 2 heterocycles. The summed E-state index contributed by atoms with van der Waals surface area (Å²) < 4.78 is 5.10. The molecule has 0 amide bonds. The van der Waals surface area contributed by atoms with Crippen LogP contribution in [-0.4, -0.2) is 22.5 Å². The molecule has 56 valence electrons. The van der Waals surface area contributed by atoms with Crippen LogP contribution in [0.25, 0.3) is 0 Å². The number of nitrogens with zero attached hydrogens (tertiary/aromatic N) is 2. The summed E-state index contributed by atoms with van der Waals surface area (Å²) in [5.74, 6) is 0.542. The lowest BCUT2D eigenvalue weighted by Crippen LogP contribution is -2.01. The van der Waals surface area contributed by atoms with Gasteiger partial charge in [0.2, 0.25) is 5.88 Å². The van der Waals surface area contributed by atoms with Crippen molar-refractivity contribution in [2.45, 2.75) is 0 Å². The van der Waals surface area contributed by atoms with Gasteiger partial charge in [-0.3, -0.25) is 0 Å². The van der Waals surface area contributed by atoms with Crippen molar-refractivity contribution >= 4 is 5.71 Å². The summed E-state index contributed by atoms with van der Waals surface area (Å²) in [6, 6.07) is 3.59. The molecule has 0 spiro atoms. The van der Waals surface area contributed by atoms with Crippen molar-refractivity contribution in [1.82, 2.24) is 4.98 Å². The van der Waals surface area contributed by atoms with Crippen LogP contribution in [0.1, 0.15) is 5.56 Å². The summed E-state index contributed by atoms with van der Waals surface area (Å²) >= 11 is 0. The van der Waals surface area contributed by atoms with E-state index in [1.54, 1.807) is 12.3 Å². The second kappa shape index (κ2) is 2.23. The Labute approximate surface area is 63.1 Å². The maximum absolute atomic E-state index is 8.49. The fourth-order valence-electron chi connectivity index (χ4n) is 1.02. The molecule has 0 radical (unpaired) electrons. The summed E-state index contributed by atoms with van der Waals surface area (Å²) in [5, 5.41) is 11.6. The Hall–Kier alpha value is -1.58. The Morgan fingerprint density at radius 3 is 3.36 bits per heavy atom. The highest BCUT2D eigenvalue weighted by Crippen LogP contribution is 2.21. The van der Waals surface area contributed by atoms with Gasteiger partial charge in [0.1, 0.15) is 12.3 Å². The van der Waals surface area contributed by atoms with Crippen molar-refractivity contribution in [3.05, 3.63) is 23.9 Å². The Morgan fingerprint density at radius 2 is 2.55 bits per heavy atom. The average molecular weight is 150 g/mol. The van der Waals surface area contributed by atoms with Crippen molar-refractivity contribution in [3.63, 3.8) is 0 Å². The van der Waals surface area contributed by atoms with Gasteiger partial charge < -0.3 is 9.94 Å². The van der Waals surface area contributed by atoms with Gasteiger partial charge in [-0.1, -0.05) is 5.16 Å². The van der Waals surface area contributed by atoms with E-state index in [0.29, 0.717) is 18.2 Å². The van der Waals surface area contributed by atoms with Crippen LogP contribution in [-0.2, 0) is 0 Å². The lowest BCUT2D eigenvalue weighted by Gasteiger charge is -1.91. The third kappa shape index (κ3) is 0.832. The Bertz CT molecular complexity index is 309. The minimum absolute atomic E-state index is 0.308. The number of hydrogen-bond donors (Lipinski definition) is 1. The minimum Gasteiger partial charge on any atom is -0.471 e. The molecule has 1 aromatic rings. The van der Waals surface area contributed by atoms with Crippen LogP contribution in [0.3, 0.4) is 0 Å². The van der Waals surface area contributed by atoms with Gasteiger partial charge in [-0.05, 0) is 12.1 Å².